The Morgan fingerprint density at radius 3 is 2.26 bits per heavy atom. The van der Waals surface area contributed by atoms with Gasteiger partial charge in [-0.05, 0) is 75.3 Å². The van der Waals surface area contributed by atoms with Crippen molar-refractivity contribution in [2.24, 2.45) is 5.92 Å². The van der Waals surface area contributed by atoms with Gasteiger partial charge < -0.3 is 19.3 Å². The van der Waals surface area contributed by atoms with Gasteiger partial charge in [-0.3, -0.25) is 4.79 Å². The van der Waals surface area contributed by atoms with Crippen molar-refractivity contribution in [1.29, 1.82) is 0 Å². The summed E-state index contributed by atoms with van der Waals surface area (Å²) in [6, 6.07) is 17.4. The van der Waals surface area contributed by atoms with Crippen LogP contribution in [0.15, 0.2) is 60.7 Å². The Bertz CT molecular complexity index is 1150. The van der Waals surface area contributed by atoms with Crippen molar-refractivity contribution in [3.05, 3.63) is 77.4 Å². The SMILES string of the molecule is COC(=O)c1ccc(C=CC(=O)N2CCC(CN(C(=O)OC(C)(C)C)C3CC3c3ccccc3)CC2)cc1. The maximum Gasteiger partial charge on any atom is 0.410 e. The summed E-state index contributed by atoms with van der Waals surface area (Å²) in [6.45, 7) is 7.66. The third kappa shape index (κ3) is 7.24. The topological polar surface area (TPSA) is 76.2 Å². The standard InChI is InChI=1S/C31H38N2O5/c1-31(2,3)38-30(36)33(27-20-26(27)24-8-6-5-7-9-24)21-23-16-18-32(19-17-23)28(34)15-12-22-10-13-25(14-11-22)29(35)37-4/h5-15,23,26-27H,16-21H2,1-4H3. The summed E-state index contributed by atoms with van der Waals surface area (Å²) >= 11 is 0. The van der Waals surface area contributed by atoms with Crippen molar-refractivity contribution in [3.63, 3.8) is 0 Å². The van der Waals surface area contributed by atoms with Crippen LogP contribution in [0.4, 0.5) is 4.79 Å². The van der Waals surface area contributed by atoms with Crippen molar-refractivity contribution in [3.8, 4) is 0 Å². The van der Waals surface area contributed by atoms with Crippen molar-refractivity contribution >= 4 is 24.0 Å². The molecule has 1 heterocycles. The maximum atomic E-state index is 13.2. The van der Waals surface area contributed by atoms with Gasteiger partial charge in [0.2, 0.25) is 5.91 Å². The highest BCUT2D eigenvalue weighted by molar-refractivity contribution is 5.92. The number of rotatable bonds is 7. The summed E-state index contributed by atoms with van der Waals surface area (Å²) in [7, 11) is 1.35. The number of benzene rings is 2. The largest absolute Gasteiger partial charge is 0.465 e. The molecule has 4 rings (SSSR count). The van der Waals surface area contributed by atoms with Crippen LogP contribution in [0.2, 0.25) is 0 Å². The molecule has 1 saturated heterocycles. The lowest BCUT2D eigenvalue weighted by Crippen LogP contribution is -2.45. The van der Waals surface area contributed by atoms with Crippen molar-refractivity contribution in [2.75, 3.05) is 26.7 Å². The van der Waals surface area contributed by atoms with Crippen LogP contribution < -0.4 is 0 Å². The molecule has 7 heteroatoms. The number of likely N-dealkylation sites (tertiary alicyclic amines) is 1. The second-order valence-corrected chi connectivity index (χ2v) is 11.2. The first kappa shape index (κ1) is 27.4. The highest BCUT2D eigenvalue weighted by Gasteiger charge is 2.46. The van der Waals surface area contributed by atoms with E-state index in [2.05, 4.69) is 12.1 Å². The number of amides is 2. The lowest BCUT2D eigenvalue weighted by Gasteiger charge is -2.35. The van der Waals surface area contributed by atoms with Gasteiger partial charge in [0.05, 0.1) is 12.7 Å². The van der Waals surface area contributed by atoms with E-state index in [-0.39, 0.29) is 24.0 Å². The van der Waals surface area contributed by atoms with Gasteiger partial charge in [-0.2, -0.15) is 0 Å². The number of nitrogens with zero attached hydrogens (tertiary/aromatic N) is 2. The Morgan fingerprint density at radius 2 is 1.66 bits per heavy atom. The van der Waals surface area contributed by atoms with Crippen molar-refractivity contribution < 1.29 is 23.9 Å². The predicted octanol–water partition coefficient (Wildman–Crippen LogP) is 5.52. The molecule has 2 atom stereocenters. The molecule has 0 bridgehead atoms. The van der Waals surface area contributed by atoms with Crippen molar-refractivity contribution in [1.82, 2.24) is 9.80 Å². The lowest BCUT2D eigenvalue weighted by molar-refractivity contribution is -0.127. The second kappa shape index (κ2) is 11.8. The first-order valence-corrected chi connectivity index (χ1v) is 13.3. The van der Waals surface area contributed by atoms with E-state index in [4.69, 9.17) is 9.47 Å². The molecule has 2 aliphatic rings. The molecule has 1 aliphatic heterocycles. The highest BCUT2D eigenvalue weighted by Crippen LogP contribution is 2.45. The van der Waals surface area contributed by atoms with Gasteiger partial charge in [-0.25, -0.2) is 9.59 Å². The van der Waals surface area contributed by atoms with E-state index in [0.29, 0.717) is 37.0 Å². The number of hydrogen-bond acceptors (Lipinski definition) is 5. The average molecular weight is 519 g/mol. The molecule has 38 heavy (non-hydrogen) atoms. The maximum absolute atomic E-state index is 13.2. The summed E-state index contributed by atoms with van der Waals surface area (Å²) in [5, 5.41) is 0. The number of hydrogen-bond donors (Lipinski definition) is 0. The van der Waals surface area contributed by atoms with Gasteiger partial charge in [0.15, 0.2) is 0 Å². The van der Waals surface area contributed by atoms with Crippen LogP contribution in [0.1, 0.15) is 67.4 Å². The van der Waals surface area contributed by atoms with E-state index < -0.39 is 5.60 Å². The molecule has 2 aromatic rings. The molecule has 2 unspecified atom stereocenters. The number of carbonyl (C=O) groups is 3. The summed E-state index contributed by atoms with van der Waals surface area (Å²) in [5.41, 5.74) is 2.03. The molecule has 0 N–H and O–H groups in total. The number of methoxy groups -OCH3 is 1. The first-order valence-electron chi connectivity index (χ1n) is 13.3. The predicted molar refractivity (Wildman–Crippen MR) is 147 cm³/mol. The highest BCUT2D eigenvalue weighted by atomic mass is 16.6. The van der Waals surface area contributed by atoms with Gasteiger partial charge >= 0.3 is 12.1 Å². The van der Waals surface area contributed by atoms with E-state index >= 15 is 0 Å². The lowest BCUT2D eigenvalue weighted by atomic mass is 9.96. The molecular formula is C31H38N2O5. The molecule has 7 nitrogen and oxygen atoms in total. The first-order chi connectivity index (χ1) is 18.1. The average Bonchev–Trinajstić information content (AvgIpc) is 3.70. The van der Waals surface area contributed by atoms with E-state index in [1.54, 1.807) is 36.4 Å². The number of piperidine rings is 1. The summed E-state index contributed by atoms with van der Waals surface area (Å²) < 4.78 is 10.5. The summed E-state index contributed by atoms with van der Waals surface area (Å²) in [4.78, 5) is 41.3. The molecule has 0 aromatic heterocycles. The molecule has 2 aromatic carbocycles. The zero-order chi connectivity index (χ0) is 27.3. The molecule has 0 radical (unpaired) electrons. The Hall–Kier alpha value is -3.61. The van der Waals surface area contributed by atoms with Crippen LogP contribution >= 0.6 is 0 Å². The van der Waals surface area contributed by atoms with E-state index in [9.17, 15) is 14.4 Å². The van der Waals surface area contributed by atoms with Crippen LogP contribution in [0.5, 0.6) is 0 Å². The second-order valence-electron chi connectivity index (χ2n) is 11.2. The molecule has 2 fully saturated rings. The van der Waals surface area contributed by atoms with Crippen molar-refractivity contribution in [2.45, 2.75) is 57.6 Å². The quantitative estimate of drug-likeness (QED) is 0.356. The van der Waals surface area contributed by atoms with Gasteiger partial charge in [0.1, 0.15) is 5.60 Å². The minimum absolute atomic E-state index is 0.0316. The fourth-order valence-electron chi connectivity index (χ4n) is 4.99. The van der Waals surface area contributed by atoms with Gasteiger partial charge in [0.25, 0.3) is 0 Å². The van der Waals surface area contributed by atoms with Crippen LogP contribution in [0, 0.1) is 5.92 Å². The van der Waals surface area contributed by atoms with Crippen LogP contribution in [0.3, 0.4) is 0 Å². The zero-order valence-corrected chi connectivity index (χ0v) is 22.8. The summed E-state index contributed by atoms with van der Waals surface area (Å²) in [5.74, 6) is 0.244. The fraction of sp³-hybridized carbons (Fsp3) is 0.452. The molecule has 1 aliphatic carbocycles. The van der Waals surface area contributed by atoms with Crippen LogP contribution in [0.25, 0.3) is 6.08 Å². The minimum Gasteiger partial charge on any atom is -0.465 e. The van der Waals surface area contributed by atoms with Gasteiger partial charge in [0, 0.05) is 37.7 Å². The van der Waals surface area contributed by atoms with Gasteiger partial charge in [-0.15, -0.1) is 0 Å². The molecular weight excluding hydrogens is 480 g/mol. The third-order valence-electron chi connectivity index (χ3n) is 7.14. The fourth-order valence-corrected chi connectivity index (χ4v) is 4.99. The van der Waals surface area contributed by atoms with E-state index in [1.807, 2.05) is 48.8 Å². The Balaban J connectivity index is 1.32. The van der Waals surface area contributed by atoms with Gasteiger partial charge in [-0.1, -0.05) is 42.5 Å². The van der Waals surface area contributed by atoms with Crippen LogP contribution in [-0.4, -0.2) is 66.2 Å². The number of ether oxygens (including phenoxy) is 2. The Morgan fingerprint density at radius 1 is 1.00 bits per heavy atom. The molecule has 2 amide bonds. The third-order valence-corrected chi connectivity index (χ3v) is 7.14. The Kier molecular flexibility index (Phi) is 8.55. The number of esters is 1. The van der Waals surface area contributed by atoms with Crippen LogP contribution in [-0.2, 0) is 14.3 Å². The summed E-state index contributed by atoms with van der Waals surface area (Å²) in [6.07, 6.45) is 5.73. The molecule has 202 valence electrons. The number of carbonyl (C=O) groups excluding carboxylic acids is 3. The normalized spacial score (nSPS) is 19.7. The van der Waals surface area contributed by atoms with E-state index in [1.165, 1.54) is 12.7 Å². The monoisotopic (exact) mass is 518 g/mol. The minimum atomic E-state index is -0.547. The smallest absolute Gasteiger partial charge is 0.410 e. The van der Waals surface area contributed by atoms with E-state index in [0.717, 1.165) is 24.8 Å². The zero-order valence-electron chi connectivity index (χ0n) is 22.8. The molecule has 0 spiro atoms. The Labute approximate surface area is 225 Å². The molecule has 1 saturated carbocycles.